The fourth-order valence-corrected chi connectivity index (χ4v) is 2.42. The van der Waals surface area contributed by atoms with Crippen LogP contribution in [0.3, 0.4) is 0 Å². The van der Waals surface area contributed by atoms with Crippen LogP contribution in [0, 0.1) is 0 Å². The third-order valence-corrected chi connectivity index (χ3v) is 3.71. The molecule has 1 saturated heterocycles. The molecular weight excluding hydrogens is 344 g/mol. The summed E-state index contributed by atoms with van der Waals surface area (Å²) in [7, 11) is 0. The van der Waals surface area contributed by atoms with Crippen molar-refractivity contribution in [1.82, 2.24) is 10.3 Å². The number of carbonyl (C=O) groups is 3. The molecule has 1 heterocycles. The lowest BCUT2D eigenvalue weighted by molar-refractivity contribution is -0.118. The van der Waals surface area contributed by atoms with Crippen molar-refractivity contribution in [1.29, 1.82) is 0 Å². The highest BCUT2D eigenvalue weighted by Crippen LogP contribution is 2.17. The molecule has 2 N–H and O–H groups in total. The second kappa shape index (κ2) is 7.14. The highest BCUT2D eigenvalue weighted by atomic mass is 35.5. The summed E-state index contributed by atoms with van der Waals surface area (Å²) in [5.41, 5.74) is 1.58. The molecule has 4 amide bonds. The number of hydrogen-bond acceptors (Lipinski definition) is 4. The van der Waals surface area contributed by atoms with E-state index in [9.17, 15) is 14.4 Å². The van der Waals surface area contributed by atoms with Crippen molar-refractivity contribution >= 4 is 41.3 Å². The maximum atomic E-state index is 12.3. The van der Waals surface area contributed by atoms with Crippen LogP contribution in [0.15, 0.2) is 53.6 Å². The molecule has 8 heteroatoms. The van der Waals surface area contributed by atoms with Crippen LogP contribution in [-0.2, 0) is 4.79 Å². The minimum Gasteiger partial charge on any atom is -0.322 e. The smallest absolute Gasteiger partial charge is 0.322 e. The zero-order valence-electron chi connectivity index (χ0n) is 12.9. The highest BCUT2D eigenvalue weighted by molar-refractivity contribution is 6.34. The van der Waals surface area contributed by atoms with Crippen LogP contribution >= 0.6 is 11.6 Å². The van der Waals surface area contributed by atoms with Crippen molar-refractivity contribution in [2.45, 2.75) is 0 Å². The number of urea groups is 1. The number of nitrogens with zero attached hydrogens (tertiary/aromatic N) is 2. The molecule has 0 radical (unpaired) electrons. The Kier molecular flexibility index (Phi) is 4.76. The number of halogens is 1. The van der Waals surface area contributed by atoms with E-state index in [2.05, 4.69) is 15.7 Å². The molecule has 1 aliphatic rings. The molecule has 126 valence electrons. The fourth-order valence-electron chi connectivity index (χ4n) is 2.20. The van der Waals surface area contributed by atoms with Crippen molar-refractivity contribution < 1.29 is 14.4 Å². The molecule has 7 nitrogen and oxygen atoms in total. The van der Waals surface area contributed by atoms with Crippen molar-refractivity contribution in [3.63, 3.8) is 0 Å². The lowest BCUT2D eigenvalue weighted by atomic mass is 10.2. The van der Waals surface area contributed by atoms with Crippen molar-refractivity contribution in [3.05, 3.63) is 64.7 Å². The first kappa shape index (κ1) is 16.7. The number of carbonyl (C=O) groups excluding carboxylic acids is 3. The Morgan fingerprint density at radius 3 is 2.72 bits per heavy atom. The zero-order valence-corrected chi connectivity index (χ0v) is 13.7. The average Bonchev–Trinajstić information content (AvgIpc) is 2.91. The maximum Gasteiger partial charge on any atom is 0.344 e. The van der Waals surface area contributed by atoms with Crippen LogP contribution in [0.25, 0.3) is 0 Å². The van der Waals surface area contributed by atoms with E-state index in [1.807, 2.05) is 0 Å². The minimum atomic E-state index is -0.565. The van der Waals surface area contributed by atoms with Gasteiger partial charge in [-0.15, -0.1) is 0 Å². The van der Waals surface area contributed by atoms with Gasteiger partial charge in [-0.05, 0) is 29.8 Å². The molecule has 2 aromatic rings. The number of hydrogen-bond donors (Lipinski definition) is 2. The number of anilines is 1. The van der Waals surface area contributed by atoms with Crippen LogP contribution in [0.5, 0.6) is 0 Å². The number of hydrazone groups is 1. The van der Waals surface area contributed by atoms with E-state index in [0.717, 1.165) is 5.01 Å². The molecule has 0 bridgehead atoms. The van der Waals surface area contributed by atoms with Gasteiger partial charge >= 0.3 is 6.03 Å². The lowest BCUT2D eigenvalue weighted by Crippen LogP contribution is -2.24. The van der Waals surface area contributed by atoms with Crippen molar-refractivity contribution in [3.8, 4) is 0 Å². The third kappa shape index (κ3) is 4.02. The predicted molar refractivity (Wildman–Crippen MR) is 93.7 cm³/mol. The van der Waals surface area contributed by atoms with Gasteiger partial charge in [-0.2, -0.15) is 5.10 Å². The number of benzene rings is 2. The molecule has 0 saturated carbocycles. The Labute approximate surface area is 148 Å². The zero-order chi connectivity index (χ0) is 17.8. The summed E-state index contributed by atoms with van der Waals surface area (Å²) in [4.78, 5) is 34.8. The second-order valence-corrected chi connectivity index (χ2v) is 5.62. The van der Waals surface area contributed by atoms with E-state index in [0.29, 0.717) is 21.8 Å². The van der Waals surface area contributed by atoms with Crippen LogP contribution < -0.4 is 10.6 Å². The molecule has 0 aliphatic carbocycles. The van der Waals surface area contributed by atoms with E-state index in [1.54, 1.807) is 48.5 Å². The maximum absolute atomic E-state index is 12.3. The lowest BCUT2D eigenvalue weighted by Gasteiger charge is -2.08. The van der Waals surface area contributed by atoms with Gasteiger partial charge in [0.15, 0.2) is 0 Å². The highest BCUT2D eigenvalue weighted by Gasteiger charge is 2.25. The summed E-state index contributed by atoms with van der Waals surface area (Å²) in [6, 6.07) is 13.1. The van der Waals surface area contributed by atoms with E-state index < -0.39 is 11.9 Å². The fraction of sp³-hybridized carbons (Fsp3) is 0.0588. The number of imide groups is 1. The number of nitrogens with one attached hydrogen (secondary N) is 2. The first-order valence-corrected chi connectivity index (χ1v) is 7.72. The average molecular weight is 357 g/mol. The number of rotatable bonds is 4. The molecule has 1 fully saturated rings. The van der Waals surface area contributed by atoms with E-state index in [-0.39, 0.29) is 12.5 Å². The van der Waals surface area contributed by atoms with Crippen molar-refractivity contribution in [2.75, 3.05) is 11.9 Å². The van der Waals surface area contributed by atoms with Gasteiger partial charge < -0.3 is 5.32 Å². The Morgan fingerprint density at radius 2 is 2.00 bits per heavy atom. The molecule has 0 spiro atoms. The normalized spacial score (nSPS) is 14.0. The van der Waals surface area contributed by atoms with Gasteiger partial charge in [-0.3, -0.25) is 14.9 Å². The van der Waals surface area contributed by atoms with Crippen LogP contribution in [-0.4, -0.2) is 35.6 Å². The van der Waals surface area contributed by atoms with Gasteiger partial charge in [0.1, 0.15) is 6.54 Å². The molecular formula is C17H13ClN4O3. The topological polar surface area (TPSA) is 90.9 Å². The van der Waals surface area contributed by atoms with Gasteiger partial charge in [0.25, 0.3) is 5.91 Å². The minimum absolute atomic E-state index is 0.113. The molecule has 3 rings (SSSR count). The Bertz CT molecular complexity index is 882. The van der Waals surface area contributed by atoms with E-state index in [1.165, 1.54) is 6.21 Å². The summed E-state index contributed by atoms with van der Waals surface area (Å²) >= 11 is 6.01. The first-order chi connectivity index (χ1) is 12.0. The summed E-state index contributed by atoms with van der Waals surface area (Å²) in [5.74, 6) is -0.730. The predicted octanol–water partition coefficient (Wildman–Crippen LogP) is 2.48. The van der Waals surface area contributed by atoms with Crippen LogP contribution in [0.1, 0.15) is 15.9 Å². The van der Waals surface area contributed by atoms with Gasteiger partial charge in [0.2, 0.25) is 5.91 Å². The Morgan fingerprint density at radius 1 is 1.20 bits per heavy atom. The van der Waals surface area contributed by atoms with Gasteiger partial charge in [-0.25, -0.2) is 9.80 Å². The van der Waals surface area contributed by atoms with Crippen LogP contribution in [0.2, 0.25) is 5.02 Å². The molecule has 2 aromatic carbocycles. The standard InChI is InChI=1S/C17H13ClN4O3/c18-14-7-2-1-6-13(14)16(24)20-12-5-3-4-11(8-12)9-19-22-10-15(23)21-17(22)25/h1-9H,10H2,(H,20,24)(H,21,23,25)/b19-9+. The van der Waals surface area contributed by atoms with Gasteiger partial charge in [-0.1, -0.05) is 35.9 Å². The quantitative estimate of drug-likeness (QED) is 0.651. The van der Waals surface area contributed by atoms with Gasteiger partial charge in [0.05, 0.1) is 16.8 Å². The summed E-state index contributed by atoms with van der Waals surface area (Å²) in [6.07, 6.45) is 1.43. The summed E-state index contributed by atoms with van der Waals surface area (Å²) < 4.78 is 0. The largest absolute Gasteiger partial charge is 0.344 e. The summed E-state index contributed by atoms with van der Waals surface area (Å²) in [6.45, 7) is -0.113. The van der Waals surface area contributed by atoms with E-state index in [4.69, 9.17) is 11.6 Å². The SMILES string of the molecule is O=C1CN(/N=C/c2cccc(NC(=O)c3ccccc3Cl)c2)C(=O)N1. The summed E-state index contributed by atoms with van der Waals surface area (Å²) in [5, 5.41) is 10.2. The molecule has 0 atom stereocenters. The van der Waals surface area contributed by atoms with E-state index >= 15 is 0 Å². The second-order valence-electron chi connectivity index (χ2n) is 5.21. The van der Waals surface area contributed by atoms with Crippen molar-refractivity contribution in [2.24, 2.45) is 5.10 Å². The molecule has 0 aromatic heterocycles. The Balaban J connectivity index is 1.71. The number of amides is 4. The monoisotopic (exact) mass is 356 g/mol. The Hall–Kier alpha value is -3.19. The first-order valence-electron chi connectivity index (χ1n) is 7.34. The van der Waals surface area contributed by atoms with Crippen LogP contribution in [0.4, 0.5) is 10.5 Å². The molecule has 25 heavy (non-hydrogen) atoms. The third-order valence-electron chi connectivity index (χ3n) is 3.38. The molecule has 1 aliphatic heterocycles. The molecule has 0 unspecified atom stereocenters. The van der Waals surface area contributed by atoms with Gasteiger partial charge in [0, 0.05) is 5.69 Å².